The number of hydrogen-bond donors (Lipinski definition) is 1. The Morgan fingerprint density at radius 1 is 1.05 bits per heavy atom. The van der Waals surface area contributed by atoms with Crippen LogP contribution in [0.5, 0.6) is 0 Å². The molecule has 1 rings (SSSR count). The van der Waals surface area contributed by atoms with Crippen LogP contribution >= 0.6 is 0 Å². The van der Waals surface area contributed by atoms with E-state index in [0.717, 1.165) is 12.8 Å². The molecule has 1 heterocycles. The van der Waals surface area contributed by atoms with Crippen LogP contribution < -0.4 is 5.32 Å². The number of barbiturate groups is 1. The Bertz CT molecular complexity index is 377. The van der Waals surface area contributed by atoms with Crippen molar-refractivity contribution in [2.45, 2.75) is 53.5 Å². The highest BCUT2D eigenvalue weighted by atomic mass is 16.2. The molecule has 0 saturated carbocycles. The lowest BCUT2D eigenvalue weighted by Gasteiger charge is -2.35. The van der Waals surface area contributed by atoms with Gasteiger partial charge >= 0.3 is 6.03 Å². The molecule has 1 fully saturated rings. The van der Waals surface area contributed by atoms with Crippen LogP contribution in [0.2, 0.25) is 0 Å². The molecule has 0 aromatic heterocycles. The van der Waals surface area contributed by atoms with Crippen molar-refractivity contribution < 1.29 is 14.4 Å². The minimum Gasteiger partial charge on any atom is -0.277 e. The highest BCUT2D eigenvalue weighted by molar-refractivity contribution is 6.16. The molecule has 1 saturated heterocycles. The third-order valence-corrected chi connectivity index (χ3v) is 3.50. The number of imide groups is 2. The first-order chi connectivity index (χ1) is 8.75. The fraction of sp³-hybridized carbons (Fsp3) is 0.786. The van der Waals surface area contributed by atoms with Crippen LogP contribution in [0.15, 0.2) is 0 Å². The average molecular weight is 268 g/mol. The lowest BCUT2D eigenvalue weighted by molar-refractivity contribution is -0.145. The average Bonchev–Trinajstić information content (AvgIpc) is 2.24. The van der Waals surface area contributed by atoms with Gasteiger partial charge in [-0.3, -0.25) is 19.8 Å². The second kappa shape index (κ2) is 6.17. The molecular weight excluding hydrogens is 244 g/mol. The number of rotatable bonds is 5. The van der Waals surface area contributed by atoms with Crippen LogP contribution in [0.25, 0.3) is 0 Å². The first-order valence-electron chi connectivity index (χ1n) is 6.93. The summed E-state index contributed by atoms with van der Waals surface area (Å²) < 4.78 is 0. The summed E-state index contributed by atoms with van der Waals surface area (Å²) in [4.78, 5) is 37.1. The van der Waals surface area contributed by atoms with E-state index in [4.69, 9.17) is 0 Å². The molecule has 0 aromatic rings. The molecule has 0 bridgehead atoms. The number of carbonyl (C=O) groups excluding carboxylic acids is 3. The highest BCUT2D eigenvalue weighted by Crippen LogP contribution is 2.22. The standard InChI is InChI=1S/C14H24N2O3/c1-8(2)6-7-10(5)16-13(18)11(9(3)4)12(17)15-14(16)19/h8-11H,6-7H2,1-5H3,(H,15,17,19). The molecule has 0 radical (unpaired) electrons. The zero-order valence-corrected chi connectivity index (χ0v) is 12.4. The van der Waals surface area contributed by atoms with Gasteiger partial charge in [-0.2, -0.15) is 0 Å². The van der Waals surface area contributed by atoms with Crippen LogP contribution in [0.1, 0.15) is 47.5 Å². The third kappa shape index (κ3) is 3.55. The van der Waals surface area contributed by atoms with E-state index in [1.54, 1.807) is 0 Å². The molecule has 0 spiro atoms. The summed E-state index contributed by atoms with van der Waals surface area (Å²) in [6.45, 7) is 9.69. The number of urea groups is 1. The summed E-state index contributed by atoms with van der Waals surface area (Å²) in [5.74, 6) is -1.18. The van der Waals surface area contributed by atoms with Crippen LogP contribution in [-0.2, 0) is 9.59 Å². The Labute approximate surface area is 114 Å². The molecule has 5 heteroatoms. The van der Waals surface area contributed by atoms with Crippen LogP contribution in [0.3, 0.4) is 0 Å². The van der Waals surface area contributed by atoms with E-state index in [1.807, 2.05) is 20.8 Å². The SMILES string of the molecule is CC(C)CCC(C)N1C(=O)NC(=O)C(C(C)C)C1=O. The van der Waals surface area contributed by atoms with E-state index in [9.17, 15) is 14.4 Å². The lowest BCUT2D eigenvalue weighted by Crippen LogP contribution is -2.61. The number of hydrogen-bond acceptors (Lipinski definition) is 3. The van der Waals surface area contributed by atoms with Crippen molar-refractivity contribution in [3.8, 4) is 0 Å². The molecule has 5 nitrogen and oxygen atoms in total. The minimum absolute atomic E-state index is 0.111. The molecule has 1 aliphatic heterocycles. The predicted octanol–water partition coefficient (Wildman–Crippen LogP) is 2.16. The van der Waals surface area contributed by atoms with Crippen LogP contribution in [0, 0.1) is 17.8 Å². The normalized spacial score (nSPS) is 22.2. The lowest BCUT2D eigenvalue weighted by atomic mass is 9.91. The molecule has 0 aromatic carbocycles. The van der Waals surface area contributed by atoms with Crippen molar-refractivity contribution in [2.24, 2.45) is 17.8 Å². The fourth-order valence-corrected chi connectivity index (χ4v) is 2.31. The van der Waals surface area contributed by atoms with E-state index in [0.29, 0.717) is 5.92 Å². The van der Waals surface area contributed by atoms with Gasteiger partial charge in [0.15, 0.2) is 0 Å². The summed E-state index contributed by atoms with van der Waals surface area (Å²) in [5, 5.41) is 2.29. The summed E-state index contributed by atoms with van der Waals surface area (Å²) in [6.07, 6.45) is 1.70. The molecule has 2 atom stereocenters. The summed E-state index contributed by atoms with van der Waals surface area (Å²) in [7, 11) is 0. The maximum atomic E-state index is 12.3. The zero-order valence-electron chi connectivity index (χ0n) is 12.4. The van der Waals surface area contributed by atoms with Gasteiger partial charge in [-0.25, -0.2) is 4.79 Å². The van der Waals surface area contributed by atoms with Crippen LogP contribution in [0.4, 0.5) is 4.79 Å². The van der Waals surface area contributed by atoms with Gasteiger partial charge in [-0.15, -0.1) is 0 Å². The molecular formula is C14H24N2O3. The van der Waals surface area contributed by atoms with Gasteiger partial charge in [0.2, 0.25) is 11.8 Å². The summed E-state index contributed by atoms with van der Waals surface area (Å²) in [6, 6.07) is -0.757. The van der Waals surface area contributed by atoms with Crippen LogP contribution in [-0.4, -0.2) is 28.8 Å². The smallest absolute Gasteiger partial charge is 0.277 e. The molecule has 0 aliphatic carbocycles. The molecule has 19 heavy (non-hydrogen) atoms. The minimum atomic E-state index is -0.751. The van der Waals surface area contributed by atoms with Gasteiger partial charge in [-0.05, 0) is 31.6 Å². The van der Waals surface area contributed by atoms with Gasteiger partial charge < -0.3 is 0 Å². The summed E-state index contributed by atoms with van der Waals surface area (Å²) >= 11 is 0. The summed E-state index contributed by atoms with van der Waals surface area (Å²) in [5.41, 5.74) is 0. The first kappa shape index (κ1) is 15.7. The number of carbonyl (C=O) groups is 3. The number of nitrogens with one attached hydrogen (secondary N) is 1. The van der Waals surface area contributed by atoms with Crippen molar-refractivity contribution in [3.05, 3.63) is 0 Å². The Kier molecular flexibility index (Phi) is 5.09. The molecule has 2 unspecified atom stereocenters. The highest BCUT2D eigenvalue weighted by Gasteiger charge is 2.43. The first-order valence-corrected chi connectivity index (χ1v) is 6.93. The van der Waals surface area contributed by atoms with E-state index in [2.05, 4.69) is 19.2 Å². The van der Waals surface area contributed by atoms with E-state index in [1.165, 1.54) is 4.90 Å². The maximum Gasteiger partial charge on any atom is 0.331 e. The largest absolute Gasteiger partial charge is 0.331 e. The van der Waals surface area contributed by atoms with Gasteiger partial charge in [0.05, 0.1) is 0 Å². The Balaban J connectivity index is 2.83. The van der Waals surface area contributed by atoms with Gasteiger partial charge in [0.1, 0.15) is 5.92 Å². The van der Waals surface area contributed by atoms with Crippen molar-refractivity contribution >= 4 is 17.8 Å². The van der Waals surface area contributed by atoms with Gasteiger partial charge in [0, 0.05) is 6.04 Å². The predicted molar refractivity (Wildman–Crippen MR) is 72.2 cm³/mol. The third-order valence-electron chi connectivity index (χ3n) is 3.50. The Morgan fingerprint density at radius 3 is 2.11 bits per heavy atom. The number of nitrogens with zero attached hydrogens (tertiary/aromatic N) is 1. The quantitative estimate of drug-likeness (QED) is 0.777. The van der Waals surface area contributed by atoms with Gasteiger partial charge in [-0.1, -0.05) is 27.7 Å². The van der Waals surface area contributed by atoms with E-state index in [-0.39, 0.29) is 17.9 Å². The molecule has 108 valence electrons. The van der Waals surface area contributed by atoms with Crippen molar-refractivity contribution in [1.82, 2.24) is 10.2 Å². The maximum absolute atomic E-state index is 12.3. The fourth-order valence-electron chi connectivity index (χ4n) is 2.31. The van der Waals surface area contributed by atoms with Crippen molar-refractivity contribution in [3.63, 3.8) is 0 Å². The monoisotopic (exact) mass is 268 g/mol. The molecule has 1 aliphatic rings. The van der Waals surface area contributed by atoms with Crippen molar-refractivity contribution in [2.75, 3.05) is 0 Å². The molecule has 4 amide bonds. The second-order valence-corrected chi connectivity index (χ2v) is 6.04. The van der Waals surface area contributed by atoms with Gasteiger partial charge in [0.25, 0.3) is 0 Å². The zero-order chi connectivity index (χ0) is 14.7. The van der Waals surface area contributed by atoms with Crippen molar-refractivity contribution in [1.29, 1.82) is 0 Å². The topological polar surface area (TPSA) is 66.5 Å². The van der Waals surface area contributed by atoms with E-state index >= 15 is 0 Å². The number of amides is 4. The Hall–Kier alpha value is -1.39. The molecule has 1 N–H and O–H groups in total. The second-order valence-electron chi connectivity index (χ2n) is 6.04. The Morgan fingerprint density at radius 2 is 1.63 bits per heavy atom. The van der Waals surface area contributed by atoms with E-state index < -0.39 is 17.9 Å².